The number of likely N-dealkylation sites (N-methyl/N-ethyl adjacent to an activating group) is 2. The highest BCUT2D eigenvalue weighted by atomic mass is 16.2. The summed E-state index contributed by atoms with van der Waals surface area (Å²) in [5.74, 6) is 0.254. The molecule has 1 aliphatic rings. The fraction of sp³-hybridized carbons (Fsp3) is 0.588. The summed E-state index contributed by atoms with van der Waals surface area (Å²) in [6.07, 6.45) is 0. The Balaban J connectivity index is 1.87. The van der Waals surface area contributed by atoms with E-state index >= 15 is 0 Å². The molecule has 0 aliphatic carbocycles. The van der Waals surface area contributed by atoms with E-state index in [1.54, 1.807) is 0 Å². The third kappa shape index (κ3) is 4.29. The first-order valence-electron chi connectivity index (χ1n) is 7.87. The van der Waals surface area contributed by atoms with Gasteiger partial charge in [0, 0.05) is 32.7 Å². The summed E-state index contributed by atoms with van der Waals surface area (Å²) < 4.78 is 0. The monoisotopic (exact) mass is 289 g/mol. The molecule has 116 valence electrons. The van der Waals surface area contributed by atoms with Gasteiger partial charge in [-0.2, -0.15) is 0 Å². The lowest BCUT2D eigenvalue weighted by Crippen LogP contribution is -2.53. The first-order valence-corrected chi connectivity index (χ1v) is 7.87. The summed E-state index contributed by atoms with van der Waals surface area (Å²) in [5, 5.41) is 0. The smallest absolute Gasteiger partial charge is 0.239 e. The fourth-order valence-electron chi connectivity index (χ4n) is 2.75. The average molecular weight is 289 g/mol. The van der Waals surface area contributed by atoms with Crippen molar-refractivity contribution in [2.75, 3.05) is 39.8 Å². The Kier molecular flexibility index (Phi) is 5.76. The lowest BCUT2D eigenvalue weighted by atomic mass is 10.1. The van der Waals surface area contributed by atoms with Gasteiger partial charge in [0.25, 0.3) is 0 Å². The van der Waals surface area contributed by atoms with Crippen molar-refractivity contribution in [3.63, 3.8) is 0 Å². The summed E-state index contributed by atoms with van der Waals surface area (Å²) in [4.78, 5) is 19.1. The van der Waals surface area contributed by atoms with Crippen LogP contribution in [0.5, 0.6) is 0 Å². The molecule has 0 radical (unpaired) electrons. The van der Waals surface area contributed by atoms with Crippen LogP contribution in [0.2, 0.25) is 0 Å². The number of piperazine rings is 1. The number of carbonyl (C=O) groups excluding carboxylic acids is 1. The third-order valence-electron chi connectivity index (χ3n) is 4.42. The summed E-state index contributed by atoms with van der Waals surface area (Å²) in [6, 6.07) is 10.2. The largest absolute Gasteiger partial charge is 0.339 e. The van der Waals surface area contributed by atoms with E-state index in [0.29, 0.717) is 0 Å². The van der Waals surface area contributed by atoms with Gasteiger partial charge in [-0.25, -0.2) is 0 Å². The van der Waals surface area contributed by atoms with Crippen molar-refractivity contribution >= 4 is 5.91 Å². The van der Waals surface area contributed by atoms with Crippen molar-refractivity contribution in [1.29, 1.82) is 0 Å². The van der Waals surface area contributed by atoms with Crippen molar-refractivity contribution in [2.45, 2.75) is 26.4 Å². The molecule has 0 aromatic heterocycles. The third-order valence-corrected chi connectivity index (χ3v) is 4.42. The predicted molar refractivity (Wildman–Crippen MR) is 86.1 cm³/mol. The Morgan fingerprint density at radius 3 is 2.38 bits per heavy atom. The Morgan fingerprint density at radius 1 is 1.19 bits per heavy atom. The topological polar surface area (TPSA) is 26.8 Å². The lowest BCUT2D eigenvalue weighted by Gasteiger charge is -2.37. The molecular formula is C17H27N3O. The van der Waals surface area contributed by atoms with Crippen LogP contribution in [0.4, 0.5) is 0 Å². The zero-order valence-corrected chi connectivity index (χ0v) is 13.5. The SMILES string of the molecule is CCN1CCN(C(=O)C(C)N(C)Cc2ccccc2)CC1. The predicted octanol–water partition coefficient (Wildman–Crippen LogP) is 1.67. The molecule has 1 aromatic carbocycles. The maximum Gasteiger partial charge on any atom is 0.239 e. The highest BCUT2D eigenvalue weighted by molar-refractivity contribution is 5.81. The minimum absolute atomic E-state index is 0.0709. The van der Waals surface area contributed by atoms with Crippen molar-refractivity contribution in [1.82, 2.24) is 14.7 Å². The average Bonchev–Trinajstić information content (AvgIpc) is 2.54. The Bertz CT molecular complexity index is 441. The van der Waals surface area contributed by atoms with Crippen LogP contribution in [0, 0.1) is 0 Å². The molecule has 1 unspecified atom stereocenters. The molecule has 0 bridgehead atoms. The van der Waals surface area contributed by atoms with E-state index in [-0.39, 0.29) is 11.9 Å². The number of hydrogen-bond donors (Lipinski definition) is 0. The molecule has 21 heavy (non-hydrogen) atoms. The van der Waals surface area contributed by atoms with E-state index < -0.39 is 0 Å². The first kappa shape index (κ1) is 16.0. The number of amides is 1. The number of carbonyl (C=O) groups is 1. The zero-order chi connectivity index (χ0) is 15.2. The Labute approximate surface area is 128 Å². The number of rotatable bonds is 5. The minimum Gasteiger partial charge on any atom is -0.339 e. The van der Waals surface area contributed by atoms with Crippen LogP contribution in [0.3, 0.4) is 0 Å². The van der Waals surface area contributed by atoms with E-state index in [0.717, 1.165) is 39.3 Å². The molecule has 1 heterocycles. The van der Waals surface area contributed by atoms with Gasteiger partial charge in [-0.05, 0) is 26.1 Å². The highest BCUT2D eigenvalue weighted by Crippen LogP contribution is 2.10. The molecule has 4 nitrogen and oxygen atoms in total. The second kappa shape index (κ2) is 7.57. The highest BCUT2D eigenvalue weighted by Gasteiger charge is 2.26. The second-order valence-corrected chi connectivity index (χ2v) is 5.84. The molecule has 1 saturated heterocycles. The summed E-state index contributed by atoms with van der Waals surface area (Å²) in [7, 11) is 2.03. The molecular weight excluding hydrogens is 262 g/mol. The first-order chi connectivity index (χ1) is 10.1. The summed E-state index contributed by atoms with van der Waals surface area (Å²) >= 11 is 0. The maximum atomic E-state index is 12.6. The second-order valence-electron chi connectivity index (χ2n) is 5.84. The van der Waals surface area contributed by atoms with E-state index in [9.17, 15) is 4.79 Å². The van der Waals surface area contributed by atoms with Crippen LogP contribution in [0.15, 0.2) is 30.3 Å². The number of nitrogens with zero attached hydrogens (tertiary/aromatic N) is 3. The van der Waals surface area contributed by atoms with Gasteiger partial charge in [0.1, 0.15) is 0 Å². The normalized spacial score (nSPS) is 18.0. The molecule has 4 heteroatoms. The molecule has 0 spiro atoms. The Morgan fingerprint density at radius 2 is 1.81 bits per heavy atom. The molecule has 0 N–H and O–H groups in total. The van der Waals surface area contributed by atoms with Gasteiger partial charge >= 0.3 is 0 Å². The lowest BCUT2D eigenvalue weighted by molar-refractivity contribution is -0.137. The van der Waals surface area contributed by atoms with Crippen molar-refractivity contribution in [2.24, 2.45) is 0 Å². The van der Waals surface area contributed by atoms with Crippen molar-refractivity contribution in [3.05, 3.63) is 35.9 Å². The van der Waals surface area contributed by atoms with Gasteiger partial charge in [0.05, 0.1) is 6.04 Å². The quantitative estimate of drug-likeness (QED) is 0.825. The maximum absolute atomic E-state index is 12.6. The van der Waals surface area contributed by atoms with E-state index in [1.165, 1.54) is 5.56 Å². The molecule has 1 aliphatic heterocycles. The zero-order valence-electron chi connectivity index (χ0n) is 13.5. The van der Waals surface area contributed by atoms with Gasteiger partial charge in [0.15, 0.2) is 0 Å². The Hall–Kier alpha value is -1.39. The van der Waals surface area contributed by atoms with E-state index in [1.807, 2.05) is 37.1 Å². The molecule has 0 saturated carbocycles. The van der Waals surface area contributed by atoms with Gasteiger partial charge in [-0.15, -0.1) is 0 Å². The number of benzene rings is 1. The van der Waals surface area contributed by atoms with Crippen LogP contribution in [-0.4, -0.2) is 66.4 Å². The number of hydrogen-bond acceptors (Lipinski definition) is 3. The minimum atomic E-state index is -0.0709. The van der Waals surface area contributed by atoms with Crippen LogP contribution < -0.4 is 0 Å². The molecule has 1 aromatic rings. The summed E-state index contributed by atoms with van der Waals surface area (Å²) in [5.41, 5.74) is 1.25. The van der Waals surface area contributed by atoms with Crippen LogP contribution in [0.1, 0.15) is 19.4 Å². The molecule has 1 amide bonds. The van der Waals surface area contributed by atoms with Crippen LogP contribution in [-0.2, 0) is 11.3 Å². The molecule has 1 fully saturated rings. The van der Waals surface area contributed by atoms with Gasteiger partial charge in [-0.1, -0.05) is 37.3 Å². The van der Waals surface area contributed by atoms with Crippen LogP contribution in [0.25, 0.3) is 0 Å². The summed E-state index contributed by atoms with van der Waals surface area (Å²) in [6.45, 7) is 9.78. The molecule has 1 atom stereocenters. The molecule has 2 rings (SSSR count). The van der Waals surface area contributed by atoms with Gasteiger partial charge in [-0.3, -0.25) is 9.69 Å². The van der Waals surface area contributed by atoms with Gasteiger partial charge < -0.3 is 9.80 Å². The van der Waals surface area contributed by atoms with Crippen molar-refractivity contribution in [3.8, 4) is 0 Å². The van der Waals surface area contributed by atoms with E-state index in [4.69, 9.17) is 0 Å². The van der Waals surface area contributed by atoms with Gasteiger partial charge in [0.2, 0.25) is 5.91 Å². The van der Waals surface area contributed by atoms with E-state index in [2.05, 4.69) is 28.9 Å². The van der Waals surface area contributed by atoms with Crippen molar-refractivity contribution < 1.29 is 4.79 Å². The van der Waals surface area contributed by atoms with Crippen LogP contribution >= 0.6 is 0 Å². The fourth-order valence-corrected chi connectivity index (χ4v) is 2.75. The standard InChI is InChI=1S/C17H27N3O/c1-4-19-10-12-20(13-11-19)17(21)15(2)18(3)14-16-8-6-5-7-9-16/h5-9,15H,4,10-14H2,1-3H3.